The second kappa shape index (κ2) is 20.1. The van der Waals surface area contributed by atoms with E-state index < -0.39 is 0 Å². The van der Waals surface area contributed by atoms with Gasteiger partial charge in [-0.05, 0) is 55.4 Å². The van der Waals surface area contributed by atoms with E-state index in [2.05, 4.69) is 80.0 Å². The van der Waals surface area contributed by atoms with Crippen LogP contribution in [-0.4, -0.2) is 123 Å². The summed E-state index contributed by atoms with van der Waals surface area (Å²) in [5.41, 5.74) is 0. The highest BCUT2D eigenvalue weighted by atomic mass is 16.5. The molecule has 0 aliphatic rings. The Morgan fingerprint density at radius 2 is 1.12 bits per heavy atom. The maximum atomic E-state index is 5.76. The van der Waals surface area contributed by atoms with Gasteiger partial charge in [0.1, 0.15) is 0 Å². The molecule has 32 heavy (non-hydrogen) atoms. The van der Waals surface area contributed by atoms with Gasteiger partial charge in [-0.3, -0.25) is 19.8 Å². The van der Waals surface area contributed by atoms with Gasteiger partial charge in [-0.2, -0.15) is 0 Å². The van der Waals surface area contributed by atoms with Crippen molar-refractivity contribution in [1.29, 1.82) is 0 Å². The Labute approximate surface area is 198 Å². The van der Waals surface area contributed by atoms with Crippen molar-refractivity contribution in [1.82, 2.24) is 20.0 Å². The summed E-state index contributed by atoms with van der Waals surface area (Å²) in [7, 11) is 0. The average Bonchev–Trinajstić information content (AvgIpc) is 2.82. The molecule has 1 N–H and O–H groups in total. The van der Waals surface area contributed by atoms with Crippen LogP contribution in [0.25, 0.3) is 0 Å². The van der Waals surface area contributed by atoms with Crippen LogP contribution in [0.15, 0.2) is 4.99 Å². The maximum absolute atomic E-state index is 5.76. The number of nitrogens with zero attached hydrogens (tertiary/aromatic N) is 5. The third kappa shape index (κ3) is 11.4. The van der Waals surface area contributed by atoms with Gasteiger partial charge in [0.15, 0.2) is 5.96 Å². The minimum atomic E-state index is 0.601. The van der Waals surface area contributed by atoms with E-state index in [9.17, 15) is 0 Å². The zero-order valence-corrected chi connectivity index (χ0v) is 22.5. The highest BCUT2D eigenvalue weighted by Crippen LogP contribution is 2.00. The van der Waals surface area contributed by atoms with Crippen LogP contribution >= 0.6 is 0 Å². The highest BCUT2D eigenvalue weighted by molar-refractivity contribution is 5.80. The lowest BCUT2D eigenvalue weighted by Gasteiger charge is -2.32. The van der Waals surface area contributed by atoms with Crippen molar-refractivity contribution in [2.45, 2.75) is 55.4 Å². The predicted octanol–water partition coefficient (Wildman–Crippen LogP) is 2.40. The van der Waals surface area contributed by atoms with Crippen LogP contribution in [0, 0.1) is 0 Å². The quantitative estimate of drug-likeness (QED) is 0.157. The molecular formula is C24H53N6O2+. The van der Waals surface area contributed by atoms with Gasteiger partial charge in [0.05, 0.1) is 65.7 Å². The molecule has 0 amide bonds. The van der Waals surface area contributed by atoms with Gasteiger partial charge in [0.2, 0.25) is 0 Å². The number of ether oxygens (including phenoxy) is 2. The number of nitrogens with one attached hydrogen (secondary N) is 1. The Hall–Kier alpha value is -1.54. The summed E-state index contributed by atoms with van der Waals surface area (Å²) in [5, 5.41) is 3.57. The summed E-state index contributed by atoms with van der Waals surface area (Å²) in [6.45, 7) is 29.3. The van der Waals surface area contributed by atoms with Crippen LogP contribution in [0.4, 0.5) is 0 Å². The van der Waals surface area contributed by atoms with Crippen molar-refractivity contribution in [3.05, 3.63) is 0 Å². The van der Waals surface area contributed by atoms with Crippen molar-refractivity contribution in [3.63, 3.8) is 0 Å². The third-order valence-electron chi connectivity index (χ3n) is 5.61. The summed E-state index contributed by atoms with van der Waals surface area (Å²) in [6.07, 6.45) is 0. The third-order valence-corrected chi connectivity index (χ3v) is 5.61. The molecule has 0 radical (unpaired) electrons. The molecular weight excluding hydrogens is 404 g/mol. The number of hydrogen-bond acceptors (Lipinski definition) is 3. The molecule has 0 saturated heterocycles. The molecule has 0 bridgehead atoms. The van der Waals surface area contributed by atoms with Gasteiger partial charge >= 0.3 is 5.96 Å². The summed E-state index contributed by atoms with van der Waals surface area (Å²) >= 11 is 0. The first-order chi connectivity index (χ1) is 15.6. The van der Waals surface area contributed by atoms with Crippen molar-refractivity contribution >= 4 is 11.9 Å². The Morgan fingerprint density at radius 3 is 1.56 bits per heavy atom. The molecule has 0 aliphatic heterocycles. The van der Waals surface area contributed by atoms with Crippen LogP contribution in [0.2, 0.25) is 0 Å². The lowest BCUT2D eigenvalue weighted by molar-refractivity contribution is -0.527. The van der Waals surface area contributed by atoms with Crippen LogP contribution in [0.5, 0.6) is 0 Å². The first kappa shape index (κ1) is 30.5. The highest BCUT2D eigenvalue weighted by Gasteiger charge is 2.17. The number of aliphatic imine (C=N–C) groups is 1. The van der Waals surface area contributed by atoms with Gasteiger partial charge < -0.3 is 19.3 Å². The Morgan fingerprint density at radius 1 is 0.656 bits per heavy atom. The van der Waals surface area contributed by atoms with Gasteiger partial charge in [0.25, 0.3) is 0 Å². The fourth-order valence-corrected chi connectivity index (χ4v) is 3.65. The molecule has 0 aromatic heterocycles. The standard InChI is InChI=1S/C24H52N6O2/c1-9-27(10-2)23(28(11-3)12-4)25-17-19-31-21-22-32-20-18-26-24(29(13-5)14-6)30(15-7)16-8/h9-22H2,1-8H3/p+1. The molecule has 0 unspecified atom stereocenters. The first-order valence-electron chi connectivity index (χ1n) is 12.9. The summed E-state index contributed by atoms with van der Waals surface area (Å²) < 4.78 is 13.9. The van der Waals surface area contributed by atoms with Crippen molar-refractivity contribution in [2.75, 3.05) is 91.9 Å². The molecule has 0 atom stereocenters. The maximum Gasteiger partial charge on any atom is 0.348 e. The largest absolute Gasteiger partial charge is 0.377 e. The predicted molar refractivity (Wildman–Crippen MR) is 137 cm³/mol. The van der Waals surface area contributed by atoms with Crippen molar-refractivity contribution in [2.24, 2.45) is 4.99 Å². The monoisotopic (exact) mass is 457 g/mol. The SMILES string of the molecule is CCN(CC)C(=NCCOCCOCCNC(N(CC)CC)=[N+](CC)CC)N(CC)CC. The summed E-state index contributed by atoms with van der Waals surface area (Å²) in [4.78, 5) is 11.8. The zero-order chi connectivity index (χ0) is 24.2. The smallest absolute Gasteiger partial charge is 0.348 e. The van der Waals surface area contributed by atoms with E-state index >= 15 is 0 Å². The molecule has 0 aromatic rings. The molecule has 0 rings (SSSR count). The summed E-state index contributed by atoms with van der Waals surface area (Å²) in [5.74, 6) is 2.29. The van der Waals surface area contributed by atoms with E-state index in [4.69, 9.17) is 14.5 Å². The van der Waals surface area contributed by atoms with Crippen molar-refractivity contribution in [3.8, 4) is 0 Å². The first-order valence-corrected chi connectivity index (χ1v) is 12.9. The fourth-order valence-electron chi connectivity index (χ4n) is 3.65. The van der Waals surface area contributed by atoms with E-state index in [1.54, 1.807) is 0 Å². The average molecular weight is 458 g/mol. The Bertz CT molecular complexity index is 481. The van der Waals surface area contributed by atoms with Gasteiger partial charge in [0, 0.05) is 26.2 Å². The van der Waals surface area contributed by atoms with E-state index in [0.29, 0.717) is 33.0 Å². The molecule has 0 fully saturated rings. The zero-order valence-electron chi connectivity index (χ0n) is 22.5. The molecule has 8 heteroatoms. The number of guanidine groups is 2. The van der Waals surface area contributed by atoms with Crippen LogP contribution in [0.3, 0.4) is 0 Å². The van der Waals surface area contributed by atoms with Crippen LogP contribution in [0.1, 0.15) is 55.4 Å². The number of rotatable bonds is 17. The molecule has 0 saturated carbocycles. The van der Waals surface area contributed by atoms with E-state index in [0.717, 1.165) is 64.9 Å². The van der Waals surface area contributed by atoms with Crippen LogP contribution < -0.4 is 5.32 Å². The molecule has 190 valence electrons. The summed E-state index contributed by atoms with van der Waals surface area (Å²) in [6, 6.07) is 0. The van der Waals surface area contributed by atoms with Crippen LogP contribution in [-0.2, 0) is 9.47 Å². The molecule has 0 spiro atoms. The minimum absolute atomic E-state index is 0.601. The van der Waals surface area contributed by atoms with Gasteiger partial charge in [-0.25, -0.2) is 0 Å². The molecule has 8 nitrogen and oxygen atoms in total. The van der Waals surface area contributed by atoms with Gasteiger partial charge in [-0.1, -0.05) is 0 Å². The fraction of sp³-hybridized carbons (Fsp3) is 0.917. The van der Waals surface area contributed by atoms with Crippen molar-refractivity contribution < 1.29 is 14.0 Å². The Balaban J connectivity index is 4.29. The van der Waals surface area contributed by atoms with E-state index in [-0.39, 0.29) is 0 Å². The molecule has 0 aliphatic carbocycles. The van der Waals surface area contributed by atoms with E-state index in [1.807, 2.05) is 0 Å². The lowest BCUT2D eigenvalue weighted by atomic mass is 10.4. The Kier molecular flexibility index (Phi) is 19.1. The van der Waals surface area contributed by atoms with E-state index in [1.165, 1.54) is 5.96 Å². The molecule has 0 heterocycles. The normalized spacial score (nSPS) is 10.6. The second-order valence-electron chi connectivity index (χ2n) is 7.35. The minimum Gasteiger partial charge on any atom is -0.377 e. The number of hydrogen-bond donors (Lipinski definition) is 1. The van der Waals surface area contributed by atoms with Gasteiger partial charge in [-0.15, -0.1) is 0 Å². The second-order valence-corrected chi connectivity index (χ2v) is 7.35. The topological polar surface area (TPSA) is 55.6 Å². The lowest BCUT2D eigenvalue weighted by Crippen LogP contribution is -2.48. The molecule has 0 aromatic carbocycles.